The van der Waals surface area contributed by atoms with Crippen LogP contribution in [0.3, 0.4) is 0 Å². The second kappa shape index (κ2) is 1.99. The fraction of sp³-hybridized carbons (Fsp3) is 0. The molecule has 0 aliphatic carbocycles. The van der Waals surface area contributed by atoms with Gasteiger partial charge in [0.15, 0.2) is 17.2 Å². The zero-order valence-corrected chi connectivity index (χ0v) is 6.17. The smallest absolute Gasteiger partial charge is 0.175 e. The minimum absolute atomic E-state index is 0.267. The van der Waals surface area contributed by atoms with Crippen LogP contribution in [-0.2, 0) is 0 Å². The molecule has 0 aliphatic heterocycles. The third-order valence-corrected chi connectivity index (χ3v) is 1.98. The van der Waals surface area contributed by atoms with Gasteiger partial charge in [0.1, 0.15) is 4.70 Å². The summed E-state index contributed by atoms with van der Waals surface area (Å²) in [6.45, 7) is 0. The Morgan fingerprint density at radius 1 is 1.00 bits per heavy atom. The third kappa shape index (κ3) is 0.777. The van der Waals surface area contributed by atoms with Crippen molar-refractivity contribution in [1.29, 1.82) is 0 Å². The Morgan fingerprint density at radius 3 is 2.45 bits per heavy atom. The van der Waals surface area contributed by atoms with Crippen LogP contribution >= 0.6 is 11.5 Å². The maximum absolute atomic E-state index is 5.47. The van der Waals surface area contributed by atoms with Gasteiger partial charge in [0.2, 0.25) is 0 Å². The van der Waals surface area contributed by atoms with E-state index in [1.807, 2.05) is 0 Å². The van der Waals surface area contributed by atoms with Crippen molar-refractivity contribution in [1.82, 2.24) is 19.8 Å². The Morgan fingerprint density at radius 2 is 1.73 bits per heavy atom. The van der Waals surface area contributed by atoms with Crippen molar-refractivity contribution >= 4 is 33.4 Å². The molecule has 6 nitrogen and oxygen atoms in total. The molecule has 4 N–H and O–H groups in total. The molecule has 7 heteroatoms. The molecule has 2 aromatic rings. The molecule has 2 rings (SSSR count). The largest absolute Gasteiger partial charge is 0.381 e. The molecule has 0 fully saturated rings. The molecule has 0 amide bonds. The number of hydrogen-bond donors (Lipinski definition) is 2. The molecule has 0 bridgehead atoms. The molecule has 2 aromatic heterocycles. The molecule has 0 atom stereocenters. The summed E-state index contributed by atoms with van der Waals surface area (Å²) in [7, 11) is 0. The fourth-order valence-corrected chi connectivity index (χ4v) is 1.30. The van der Waals surface area contributed by atoms with Gasteiger partial charge in [-0.1, -0.05) is 4.49 Å². The number of hydrogen-bond acceptors (Lipinski definition) is 7. The van der Waals surface area contributed by atoms with Crippen LogP contribution in [0.4, 0.5) is 11.6 Å². The van der Waals surface area contributed by atoms with Crippen LogP contribution in [0, 0.1) is 0 Å². The highest BCUT2D eigenvalue weighted by Gasteiger charge is 2.07. The van der Waals surface area contributed by atoms with Crippen LogP contribution < -0.4 is 11.5 Å². The molecule has 0 saturated heterocycles. The van der Waals surface area contributed by atoms with Gasteiger partial charge in [-0.25, -0.2) is 0 Å². The van der Waals surface area contributed by atoms with Crippen molar-refractivity contribution in [2.45, 2.75) is 0 Å². The Bertz CT molecular complexity index is 358. The van der Waals surface area contributed by atoms with Crippen molar-refractivity contribution in [2.24, 2.45) is 0 Å². The molecule has 56 valence electrons. The Labute approximate surface area is 65.4 Å². The number of nitrogen functional groups attached to an aromatic ring is 2. The van der Waals surface area contributed by atoms with Crippen LogP contribution in [0.25, 0.3) is 10.2 Å². The SMILES string of the molecule is Nc1nnc(N)c2snnc12. The summed E-state index contributed by atoms with van der Waals surface area (Å²) in [6.07, 6.45) is 0. The van der Waals surface area contributed by atoms with E-state index in [1.165, 1.54) is 0 Å². The Hall–Kier alpha value is -1.50. The summed E-state index contributed by atoms with van der Waals surface area (Å²) in [5, 5.41) is 10.9. The van der Waals surface area contributed by atoms with E-state index in [1.54, 1.807) is 0 Å². The third-order valence-electron chi connectivity index (χ3n) is 1.23. The average Bonchev–Trinajstić information content (AvgIpc) is 2.45. The zero-order chi connectivity index (χ0) is 7.84. The van der Waals surface area contributed by atoms with Crippen LogP contribution in [0.15, 0.2) is 0 Å². The highest BCUT2D eigenvalue weighted by atomic mass is 32.1. The van der Waals surface area contributed by atoms with E-state index in [0.717, 1.165) is 11.5 Å². The lowest BCUT2D eigenvalue weighted by atomic mass is 10.4. The topological polar surface area (TPSA) is 104 Å². The first-order valence-corrected chi connectivity index (χ1v) is 3.56. The average molecular weight is 168 g/mol. The molecular formula is C4H4N6S. The number of nitrogens with zero attached hydrogens (tertiary/aromatic N) is 4. The summed E-state index contributed by atoms with van der Waals surface area (Å²) in [5.74, 6) is 0.590. The minimum Gasteiger partial charge on any atom is -0.381 e. The van der Waals surface area contributed by atoms with Crippen molar-refractivity contribution in [3.05, 3.63) is 0 Å². The van der Waals surface area contributed by atoms with E-state index in [2.05, 4.69) is 19.8 Å². The second-order valence-corrected chi connectivity index (χ2v) is 2.68. The van der Waals surface area contributed by atoms with E-state index < -0.39 is 0 Å². The van der Waals surface area contributed by atoms with Gasteiger partial charge >= 0.3 is 0 Å². The number of rotatable bonds is 0. The van der Waals surface area contributed by atoms with E-state index >= 15 is 0 Å². The lowest BCUT2D eigenvalue weighted by Crippen LogP contribution is -1.98. The van der Waals surface area contributed by atoms with E-state index in [4.69, 9.17) is 11.5 Å². The highest BCUT2D eigenvalue weighted by molar-refractivity contribution is 7.13. The van der Waals surface area contributed by atoms with Gasteiger partial charge in [-0.2, -0.15) is 0 Å². The molecule has 0 spiro atoms. The Balaban J connectivity index is 2.96. The molecule has 0 unspecified atom stereocenters. The first-order chi connectivity index (χ1) is 5.29. The van der Waals surface area contributed by atoms with Gasteiger partial charge in [0.25, 0.3) is 0 Å². The number of fused-ring (bicyclic) bond motifs is 1. The quantitative estimate of drug-likeness (QED) is 0.557. The van der Waals surface area contributed by atoms with E-state index in [-0.39, 0.29) is 5.82 Å². The predicted molar refractivity (Wildman–Crippen MR) is 41.8 cm³/mol. The number of anilines is 2. The van der Waals surface area contributed by atoms with Crippen molar-refractivity contribution < 1.29 is 0 Å². The van der Waals surface area contributed by atoms with Crippen LogP contribution in [0.2, 0.25) is 0 Å². The summed E-state index contributed by atoms with van der Waals surface area (Å²) < 4.78 is 4.37. The second-order valence-electron chi connectivity index (χ2n) is 1.92. The highest BCUT2D eigenvalue weighted by Crippen LogP contribution is 2.22. The monoisotopic (exact) mass is 168 g/mol. The van der Waals surface area contributed by atoms with Crippen LogP contribution in [0.1, 0.15) is 0 Å². The van der Waals surface area contributed by atoms with E-state index in [9.17, 15) is 0 Å². The van der Waals surface area contributed by atoms with Gasteiger partial charge in [-0.3, -0.25) is 0 Å². The van der Waals surface area contributed by atoms with Crippen LogP contribution in [0.5, 0.6) is 0 Å². The molecule has 11 heavy (non-hydrogen) atoms. The predicted octanol–water partition coefficient (Wildman–Crippen LogP) is -0.354. The number of nitrogens with two attached hydrogens (primary N) is 2. The Kier molecular flexibility index (Phi) is 1.13. The number of aromatic nitrogens is 4. The maximum Gasteiger partial charge on any atom is 0.175 e. The summed E-state index contributed by atoms with van der Waals surface area (Å²) >= 11 is 1.16. The molecular weight excluding hydrogens is 164 g/mol. The standard InChI is InChI=1S/C4H4N6S/c5-3-1-2(11-10-7-1)4(6)9-8-3/h(H2,5,8)(H2,6,9). The van der Waals surface area contributed by atoms with E-state index in [0.29, 0.717) is 16.0 Å². The van der Waals surface area contributed by atoms with Crippen molar-refractivity contribution in [3.8, 4) is 0 Å². The summed E-state index contributed by atoms with van der Waals surface area (Å²) in [4.78, 5) is 0. The van der Waals surface area contributed by atoms with Gasteiger partial charge in [-0.05, 0) is 11.5 Å². The maximum atomic E-state index is 5.47. The normalized spacial score (nSPS) is 10.5. The van der Waals surface area contributed by atoms with Gasteiger partial charge in [0, 0.05) is 0 Å². The lowest BCUT2D eigenvalue weighted by Gasteiger charge is -1.92. The van der Waals surface area contributed by atoms with Crippen molar-refractivity contribution in [3.63, 3.8) is 0 Å². The van der Waals surface area contributed by atoms with Gasteiger partial charge < -0.3 is 11.5 Å². The fourth-order valence-electron chi connectivity index (χ4n) is 0.727. The van der Waals surface area contributed by atoms with Gasteiger partial charge in [-0.15, -0.1) is 15.3 Å². The van der Waals surface area contributed by atoms with Crippen LogP contribution in [-0.4, -0.2) is 19.8 Å². The first-order valence-electron chi connectivity index (χ1n) is 2.78. The molecule has 0 aliphatic rings. The molecule has 0 saturated carbocycles. The molecule has 0 radical (unpaired) electrons. The summed E-state index contributed by atoms with van der Waals surface area (Å²) in [6, 6.07) is 0. The first kappa shape index (κ1) is 6.23. The van der Waals surface area contributed by atoms with Gasteiger partial charge in [0.05, 0.1) is 0 Å². The minimum atomic E-state index is 0.267. The zero-order valence-electron chi connectivity index (χ0n) is 5.35. The molecule has 0 aromatic carbocycles. The lowest BCUT2D eigenvalue weighted by molar-refractivity contribution is 1.06. The molecule has 2 heterocycles. The van der Waals surface area contributed by atoms with Crippen molar-refractivity contribution in [2.75, 3.05) is 11.5 Å². The summed E-state index contributed by atoms with van der Waals surface area (Å²) in [5.41, 5.74) is 11.4.